The Hall–Kier alpha value is -3.99. The zero-order chi connectivity index (χ0) is 58.3. The lowest BCUT2D eigenvalue weighted by atomic mass is 10.1. The second kappa shape index (κ2) is 48.5. The first-order valence-electron chi connectivity index (χ1n) is 32.2. The Morgan fingerprint density at radius 2 is 0.725 bits per heavy atom. The summed E-state index contributed by atoms with van der Waals surface area (Å²) in [5.74, 6) is -3.98. The Labute approximate surface area is 483 Å². The van der Waals surface area contributed by atoms with Crippen molar-refractivity contribution in [2.45, 2.75) is 283 Å². The molecule has 2 rings (SSSR count). The quantitative estimate of drug-likeness (QED) is 0.0341. The first-order valence-corrected chi connectivity index (χ1v) is 32.2. The van der Waals surface area contributed by atoms with Crippen LogP contribution in [0.3, 0.4) is 0 Å². The maximum atomic E-state index is 14.3. The van der Waals surface area contributed by atoms with E-state index in [1.807, 2.05) is 0 Å². The third kappa shape index (κ3) is 37.9. The lowest BCUT2D eigenvalue weighted by Gasteiger charge is -2.35. The number of hydrogen-bond donors (Lipinski definition) is 1. The van der Waals surface area contributed by atoms with E-state index in [-0.39, 0.29) is 115 Å². The number of amides is 1. The van der Waals surface area contributed by atoms with Crippen molar-refractivity contribution in [1.82, 2.24) is 9.80 Å². The molecule has 17 heteroatoms. The van der Waals surface area contributed by atoms with Gasteiger partial charge < -0.3 is 43.2 Å². The summed E-state index contributed by atoms with van der Waals surface area (Å²) >= 11 is 0. The van der Waals surface area contributed by atoms with Gasteiger partial charge in [0.25, 0.3) is 0 Å². The minimum absolute atomic E-state index is 0.120. The zero-order valence-corrected chi connectivity index (χ0v) is 50.7. The molecular weight excluding hydrogens is 1020 g/mol. The van der Waals surface area contributed by atoms with Crippen LogP contribution in [-0.4, -0.2) is 141 Å². The van der Waals surface area contributed by atoms with Gasteiger partial charge in [0.15, 0.2) is 0 Å². The molecule has 0 saturated carbocycles. The number of esters is 6. The normalized spacial score (nSPS) is 16.1. The fourth-order valence-corrected chi connectivity index (χ4v) is 10.3. The minimum atomic E-state index is -0.647. The van der Waals surface area contributed by atoms with Gasteiger partial charge in [-0.1, -0.05) is 169 Å². The van der Waals surface area contributed by atoms with Gasteiger partial charge in [-0.2, -0.15) is 0 Å². The molecule has 2 aliphatic rings. The molecule has 1 amide bonds. The number of carbonyl (C=O) groups is 7. The molecule has 0 aliphatic carbocycles. The molecule has 0 aromatic rings. The molecule has 0 aromatic carbocycles. The molecule has 2 aliphatic heterocycles. The molecule has 2 atom stereocenters. The van der Waals surface area contributed by atoms with Crippen molar-refractivity contribution in [3.8, 4) is 0 Å². The van der Waals surface area contributed by atoms with Crippen LogP contribution in [0.1, 0.15) is 265 Å². The Kier molecular flexibility index (Phi) is 43.7. The van der Waals surface area contributed by atoms with Gasteiger partial charge in [0.05, 0.1) is 64.1 Å². The van der Waals surface area contributed by atoms with Crippen LogP contribution in [0.5, 0.6) is 0 Å². The molecule has 17 nitrogen and oxygen atoms in total. The van der Waals surface area contributed by atoms with Crippen molar-refractivity contribution in [3.05, 3.63) is 0 Å². The monoisotopic (exact) mass is 1140 g/mol. The van der Waals surface area contributed by atoms with Crippen molar-refractivity contribution in [1.29, 1.82) is 0 Å². The Bertz CT molecular complexity index is 1480. The average Bonchev–Trinajstić information content (AvgIpc) is 3.66. The SMILES string of the molecule is CCCCCCCCC(=O)OCC(COC(=O)CCCCCCCC)CC(=O)OC[C@H]1CCCC[C@@H](COC(=O)CC(COC(=O)CCCCCCCC)COC(=O)CCCCCCCC)N1C(=O)OCCCN1CCC(O)CC1. The fourth-order valence-electron chi connectivity index (χ4n) is 10.3. The number of aliphatic hydroxyl groups is 1. The van der Waals surface area contributed by atoms with Crippen molar-refractivity contribution in [2.24, 2.45) is 11.8 Å². The highest BCUT2D eigenvalue weighted by molar-refractivity contribution is 5.73. The Morgan fingerprint density at radius 3 is 1.06 bits per heavy atom. The lowest BCUT2D eigenvalue weighted by Crippen LogP contribution is -2.51. The highest BCUT2D eigenvalue weighted by Crippen LogP contribution is 2.26. The van der Waals surface area contributed by atoms with Crippen LogP contribution in [-0.2, 0) is 61.9 Å². The van der Waals surface area contributed by atoms with Crippen molar-refractivity contribution in [3.63, 3.8) is 0 Å². The number of aliphatic hydroxyl groups excluding tert-OH is 1. The summed E-state index contributed by atoms with van der Waals surface area (Å²) in [7, 11) is 0. The Morgan fingerprint density at radius 1 is 0.400 bits per heavy atom. The zero-order valence-electron chi connectivity index (χ0n) is 50.7. The van der Waals surface area contributed by atoms with E-state index in [1.165, 1.54) is 0 Å². The number of ether oxygens (including phenoxy) is 7. The molecule has 1 N–H and O–H groups in total. The molecule has 2 fully saturated rings. The van der Waals surface area contributed by atoms with Gasteiger partial charge in [-0.05, 0) is 57.8 Å². The highest BCUT2D eigenvalue weighted by atomic mass is 16.6. The summed E-state index contributed by atoms with van der Waals surface area (Å²) in [6.07, 6.45) is 28.5. The number of likely N-dealkylation sites (tertiary alicyclic amines) is 2. The molecule has 0 aromatic heterocycles. The molecule has 2 saturated heterocycles. The second-order valence-corrected chi connectivity index (χ2v) is 22.8. The summed E-state index contributed by atoms with van der Waals surface area (Å²) in [6, 6.07) is -1.26. The summed E-state index contributed by atoms with van der Waals surface area (Å²) in [4.78, 5) is 96.7. The molecule has 0 bridgehead atoms. The van der Waals surface area contributed by atoms with Crippen LogP contribution >= 0.6 is 0 Å². The highest BCUT2D eigenvalue weighted by Gasteiger charge is 2.36. The van der Waals surface area contributed by atoms with Gasteiger partial charge in [-0.15, -0.1) is 0 Å². The fraction of sp³-hybridized carbons (Fsp3) is 0.889. The van der Waals surface area contributed by atoms with Crippen LogP contribution in [0.4, 0.5) is 4.79 Å². The molecule has 2 heterocycles. The molecular formula is C63H112N2O15. The predicted molar refractivity (Wildman–Crippen MR) is 309 cm³/mol. The lowest BCUT2D eigenvalue weighted by molar-refractivity contribution is -0.156. The maximum absolute atomic E-state index is 14.3. The van der Waals surface area contributed by atoms with E-state index in [1.54, 1.807) is 4.90 Å². The summed E-state index contributed by atoms with van der Waals surface area (Å²) < 4.78 is 40.3. The van der Waals surface area contributed by atoms with Crippen molar-refractivity contribution in [2.75, 3.05) is 65.9 Å². The molecule has 80 heavy (non-hydrogen) atoms. The maximum Gasteiger partial charge on any atom is 0.410 e. The number of hydrogen-bond acceptors (Lipinski definition) is 16. The summed E-state index contributed by atoms with van der Waals surface area (Å²) in [6.45, 7) is 10.1. The molecule has 0 radical (unpaired) electrons. The number of unbranched alkanes of at least 4 members (excludes halogenated alkanes) is 20. The van der Waals surface area contributed by atoms with E-state index >= 15 is 0 Å². The van der Waals surface area contributed by atoms with Crippen molar-refractivity contribution < 1.29 is 71.8 Å². The Balaban J connectivity index is 2.19. The van der Waals surface area contributed by atoms with Gasteiger partial charge >= 0.3 is 41.9 Å². The van der Waals surface area contributed by atoms with Gasteiger partial charge in [-0.25, -0.2) is 4.79 Å². The number of piperidine rings is 1. The summed E-state index contributed by atoms with van der Waals surface area (Å²) in [5, 5.41) is 9.98. The summed E-state index contributed by atoms with van der Waals surface area (Å²) in [5.41, 5.74) is 0. The average molecular weight is 1140 g/mol. The first kappa shape index (κ1) is 72.1. The molecule has 464 valence electrons. The minimum Gasteiger partial charge on any atom is -0.465 e. The van der Waals surface area contributed by atoms with Crippen LogP contribution < -0.4 is 0 Å². The van der Waals surface area contributed by atoms with E-state index in [9.17, 15) is 38.7 Å². The van der Waals surface area contributed by atoms with Crippen LogP contribution in [0, 0.1) is 11.8 Å². The van der Waals surface area contributed by atoms with Gasteiger partial charge in [-0.3, -0.25) is 33.7 Å². The molecule has 0 unspecified atom stereocenters. The third-order valence-corrected chi connectivity index (χ3v) is 15.4. The number of carbonyl (C=O) groups excluding carboxylic acids is 7. The van der Waals surface area contributed by atoms with E-state index in [0.717, 1.165) is 142 Å². The topological polar surface area (TPSA) is 211 Å². The van der Waals surface area contributed by atoms with Crippen LogP contribution in [0.25, 0.3) is 0 Å². The number of nitrogens with zero attached hydrogens (tertiary/aromatic N) is 2. The smallest absolute Gasteiger partial charge is 0.410 e. The van der Waals surface area contributed by atoms with Crippen LogP contribution in [0.15, 0.2) is 0 Å². The van der Waals surface area contributed by atoms with Gasteiger partial charge in [0, 0.05) is 57.2 Å². The van der Waals surface area contributed by atoms with E-state index in [4.69, 9.17) is 33.2 Å². The standard InChI is InChI=1S/C63H112N2O15/c1-5-9-13-17-21-25-34-57(67)75-46-52(47-76-58(68)35-26-22-18-14-10-6-2)44-61(71)79-50-54-32-29-30-33-55(65(54)63(73)74-43-31-40-64-41-38-56(66)39-42-64)51-80-62(72)45-53(48-77-59(69)36-27-23-19-15-11-7-3)49-78-60(70)37-28-24-20-16-12-8-4/h52-56,66H,5-51H2,1-4H3/t54-,55+. The van der Waals surface area contributed by atoms with Gasteiger partial charge in [0.2, 0.25) is 0 Å². The van der Waals surface area contributed by atoms with E-state index in [2.05, 4.69) is 32.6 Å². The predicted octanol–water partition coefficient (Wildman–Crippen LogP) is 12.9. The largest absolute Gasteiger partial charge is 0.465 e. The third-order valence-electron chi connectivity index (χ3n) is 15.4. The second-order valence-electron chi connectivity index (χ2n) is 22.8. The molecule has 0 spiro atoms. The van der Waals surface area contributed by atoms with Gasteiger partial charge in [0.1, 0.15) is 13.2 Å². The van der Waals surface area contributed by atoms with Crippen molar-refractivity contribution >= 4 is 41.9 Å². The first-order chi connectivity index (χ1) is 38.9. The van der Waals surface area contributed by atoms with E-state index in [0.29, 0.717) is 77.2 Å². The number of rotatable bonds is 48. The van der Waals surface area contributed by atoms with Crippen LogP contribution in [0.2, 0.25) is 0 Å². The van der Waals surface area contributed by atoms with E-state index < -0.39 is 42.0 Å².